The minimum absolute atomic E-state index is 0.0131. The van der Waals surface area contributed by atoms with E-state index in [1.165, 1.54) is 38.1 Å². The number of alkyl carbamates (subject to hydrolysis) is 1. The smallest absolute Gasteiger partial charge is 0.408 e. The van der Waals surface area contributed by atoms with Crippen molar-refractivity contribution in [1.29, 1.82) is 0 Å². The van der Waals surface area contributed by atoms with Gasteiger partial charge in [0.1, 0.15) is 17.6 Å². The second-order valence-electron chi connectivity index (χ2n) is 10.4. The lowest BCUT2D eigenvalue weighted by Crippen LogP contribution is -2.59. The molecule has 0 bridgehead atoms. The number of guanidine groups is 1. The fourth-order valence-corrected chi connectivity index (χ4v) is 3.74. The van der Waals surface area contributed by atoms with Crippen LogP contribution in [0, 0.1) is 10.1 Å². The maximum absolute atomic E-state index is 13.4. The summed E-state index contributed by atoms with van der Waals surface area (Å²) < 4.78 is 5.08. The van der Waals surface area contributed by atoms with Crippen molar-refractivity contribution in [2.75, 3.05) is 12.3 Å². The predicted molar refractivity (Wildman–Crippen MR) is 152 cm³/mol. The normalized spacial score (nSPS) is 13.8. The SMILES string of the molecule is C[C@H](NC(=O)[C@H](CCCN=C(N)N)N(C(=O)[C@H](C)NC(=O)OC(C)(C)C)[N+](=O)[O-])C(=O)C(C(N)=O)c1ccc(N)cc1. The zero-order chi connectivity index (χ0) is 32.4. The van der Waals surface area contributed by atoms with Crippen LogP contribution in [0.25, 0.3) is 0 Å². The molecule has 0 saturated carbocycles. The molecule has 4 amide bonds. The van der Waals surface area contributed by atoms with Crippen LogP contribution in [-0.4, -0.2) is 75.9 Å². The number of carbonyl (C=O) groups excluding carboxylic acids is 5. The van der Waals surface area contributed by atoms with Gasteiger partial charge in [-0.05, 0) is 70.2 Å². The summed E-state index contributed by atoms with van der Waals surface area (Å²) in [5.74, 6) is -5.86. The van der Waals surface area contributed by atoms with Crippen molar-refractivity contribution in [3.63, 3.8) is 0 Å². The molecule has 0 radical (unpaired) electrons. The number of nitro groups is 1. The number of rotatable bonds is 14. The van der Waals surface area contributed by atoms with Gasteiger partial charge in [-0.2, -0.15) is 0 Å². The number of hydrogen-bond acceptors (Lipinski definition) is 10. The topological polar surface area (TPSA) is 281 Å². The van der Waals surface area contributed by atoms with Gasteiger partial charge in [0.25, 0.3) is 0 Å². The first-order chi connectivity index (χ1) is 19.3. The molecule has 0 aliphatic carbocycles. The average molecular weight is 594 g/mol. The van der Waals surface area contributed by atoms with E-state index in [2.05, 4.69) is 15.6 Å². The van der Waals surface area contributed by atoms with Crippen LogP contribution in [-0.2, 0) is 23.9 Å². The molecule has 17 heteroatoms. The summed E-state index contributed by atoms with van der Waals surface area (Å²) >= 11 is 0. The maximum atomic E-state index is 13.4. The molecule has 4 atom stereocenters. The Bertz CT molecular complexity index is 1190. The van der Waals surface area contributed by atoms with Crippen LogP contribution in [0.2, 0.25) is 0 Å². The van der Waals surface area contributed by atoms with E-state index in [9.17, 15) is 34.1 Å². The Balaban J connectivity index is 3.28. The van der Waals surface area contributed by atoms with Gasteiger partial charge in [-0.3, -0.25) is 24.2 Å². The number of nitrogens with zero attached hydrogens (tertiary/aromatic N) is 3. The van der Waals surface area contributed by atoms with Crippen LogP contribution < -0.4 is 33.6 Å². The van der Waals surface area contributed by atoms with Crippen LogP contribution >= 0.6 is 0 Å². The number of nitrogens with two attached hydrogens (primary N) is 4. The highest BCUT2D eigenvalue weighted by Crippen LogP contribution is 2.20. The van der Waals surface area contributed by atoms with E-state index in [-0.39, 0.29) is 35.9 Å². The minimum atomic E-state index is -1.77. The van der Waals surface area contributed by atoms with Crippen molar-refractivity contribution in [1.82, 2.24) is 15.6 Å². The highest BCUT2D eigenvalue weighted by atomic mass is 16.7. The van der Waals surface area contributed by atoms with Gasteiger partial charge in [-0.25, -0.2) is 14.9 Å². The number of carbonyl (C=O) groups is 5. The van der Waals surface area contributed by atoms with Gasteiger partial charge < -0.3 is 38.3 Å². The second-order valence-corrected chi connectivity index (χ2v) is 10.4. The number of amides is 4. The molecule has 0 aliphatic heterocycles. The van der Waals surface area contributed by atoms with E-state index in [4.69, 9.17) is 27.7 Å². The number of benzene rings is 1. The first kappa shape index (κ1) is 35.1. The summed E-state index contributed by atoms with van der Waals surface area (Å²) in [4.78, 5) is 79.8. The molecule has 0 aromatic heterocycles. The zero-order valence-corrected chi connectivity index (χ0v) is 24.2. The number of Topliss-reactive ketones (excluding diaryl/α,β-unsaturated/α-hetero) is 1. The van der Waals surface area contributed by atoms with Gasteiger partial charge in [0.2, 0.25) is 11.8 Å². The molecule has 1 aromatic rings. The molecule has 1 rings (SSSR count). The molecule has 0 heterocycles. The fraction of sp³-hybridized carbons (Fsp3) is 0.520. The van der Waals surface area contributed by atoms with Crippen LogP contribution in [0.4, 0.5) is 10.5 Å². The number of primary amides is 1. The minimum Gasteiger partial charge on any atom is -0.444 e. The third-order valence-corrected chi connectivity index (χ3v) is 5.66. The largest absolute Gasteiger partial charge is 0.444 e. The van der Waals surface area contributed by atoms with Crippen molar-refractivity contribution in [2.45, 2.75) is 77.1 Å². The average Bonchev–Trinajstić information content (AvgIpc) is 2.84. The van der Waals surface area contributed by atoms with Gasteiger partial charge in [-0.1, -0.05) is 12.1 Å². The molecule has 42 heavy (non-hydrogen) atoms. The van der Waals surface area contributed by atoms with Crippen LogP contribution in [0.5, 0.6) is 0 Å². The van der Waals surface area contributed by atoms with E-state index in [1.54, 1.807) is 20.8 Å². The zero-order valence-electron chi connectivity index (χ0n) is 24.2. The van der Waals surface area contributed by atoms with Crippen molar-refractivity contribution in [3.05, 3.63) is 39.9 Å². The summed E-state index contributed by atoms with van der Waals surface area (Å²) in [6.07, 6.45) is -1.31. The Hall–Kier alpha value is -4.96. The summed E-state index contributed by atoms with van der Waals surface area (Å²) in [6, 6.07) is 1.15. The number of hydrogen-bond donors (Lipinski definition) is 6. The van der Waals surface area contributed by atoms with Gasteiger partial charge in [0.15, 0.2) is 22.8 Å². The van der Waals surface area contributed by atoms with Crippen molar-refractivity contribution in [2.24, 2.45) is 22.2 Å². The molecular weight excluding hydrogens is 554 g/mol. The van der Waals surface area contributed by atoms with Crippen molar-refractivity contribution in [3.8, 4) is 0 Å². The van der Waals surface area contributed by atoms with Crippen molar-refractivity contribution >= 4 is 41.2 Å². The number of aliphatic imine (C=N–C) groups is 1. The summed E-state index contributed by atoms with van der Waals surface area (Å²) in [5, 5.41) is 15.5. The first-order valence-electron chi connectivity index (χ1n) is 12.9. The lowest BCUT2D eigenvalue weighted by atomic mass is 9.90. The summed E-state index contributed by atoms with van der Waals surface area (Å²) in [5.41, 5.74) is 21.4. The molecule has 1 unspecified atom stereocenters. The van der Waals surface area contributed by atoms with E-state index >= 15 is 0 Å². The van der Waals surface area contributed by atoms with Crippen molar-refractivity contribution < 1.29 is 33.7 Å². The monoisotopic (exact) mass is 593 g/mol. The molecule has 10 N–H and O–H groups in total. The van der Waals surface area contributed by atoms with E-state index in [0.717, 1.165) is 0 Å². The van der Waals surface area contributed by atoms with E-state index in [1.807, 2.05) is 0 Å². The second kappa shape index (κ2) is 15.2. The van der Waals surface area contributed by atoms with Gasteiger partial charge in [-0.15, -0.1) is 0 Å². The lowest BCUT2D eigenvalue weighted by Gasteiger charge is -2.27. The van der Waals surface area contributed by atoms with E-state index < -0.39 is 64.3 Å². The molecule has 232 valence electrons. The maximum Gasteiger partial charge on any atom is 0.408 e. The molecule has 0 spiro atoms. The van der Waals surface area contributed by atoms with Crippen LogP contribution in [0.3, 0.4) is 0 Å². The standard InChI is InChI=1S/C25H39N9O8/c1-13(19(35)18(20(27)36)15-8-10-16(26)11-9-15)31-21(37)17(7-6-12-30-23(28)29)33(34(40)41)22(38)14(2)32-24(39)42-25(3,4)5/h8-11,13-14,17-18H,6-7,12,26H2,1-5H3,(H2,27,36)(H,31,37)(H,32,39)(H4,28,29,30)/t13-,14-,17-,18?/m0/s1. The Morgan fingerprint density at radius 2 is 1.60 bits per heavy atom. The summed E-state index contributed by atoms with van der Waals surface area (Å²) in [6.45, 7) is 7.14. The number of ketones is 1. The molecule has 0 aliphatic rings. The number of nitrogen functional groups attached to an aromatic ring is 1. The van der Waals surface area contributed by atoms with Gasteiger partial charge >= 0.3 is 12.0 Å². The predicted octanol–water partition coefficient (Wildman–Crippen LogP) is -0.733. The quantitative estimate of drug-likeness (QED) is 0.0297. The molecular formula is C25H39N9O8. The molecule has 1 aromatic carbocycles. The Kier molecular flexibility index (Phi) is 12.7. The third-order valence-electron chi connectivity index (χ3n) is 5.66. The number of anilines is 1. The molecule has 0 fully saturated rings. The Labute approximate surface area is 242 Å². The number of nitrogens with one attached hydrogen (secondary N) is 2. The lowest BCUT2D eigenvalue weighted by molar-refractivity contribution is -0.640. The molecule has 0 saturated heterocycles. The highest BCUT2D eigenvalue weighted by molar-refractivity contribution is 6.09. The summed E-state index contributed by atoms with van der Waals surface area (Å²) in [7, 11) is 0. The Morgan fingerprint density at radius 1 is 1.02 bits per heavy atom. The van der Waals surface area contributed by atoms with Crippen LogP contribution in [0.15, 0.2) is 29.3 Å². The highest BCUT2D eigenvalue weighted by Gasteiger charge is 2.42. The Morgan fingerprint density at radius 3 is 2.07 bits per heavy atom. The number of ether oxygens (including phenoxy) is 1. The molecule has 17 nitrogen and oxygen atoms in total. The van der Waals surface area contributed by atoms with Gasteiger partial charge in [0.05, 0.1) is 6.04 Å². The van der Waals surface area contributed by atoms with Gasteiger partial charge in [0, 0.05) is 12.2 Å². The van der Waals surface area contributed by atoms with Crippen LogP contribution in [0.1, 0.15) is 58.9 Å². The van der Waals surface area contributed by atoms with E-state index in [0.29, 0.717) is 5.69 Å². The fourth-order valence-electron chi connectivity index (χ4n) is 3.74. The first-order valence-corrected chi connectivity index (χ1v) is 12.9. The third kappa shape index (κ3) is 10.9. The number of hydrazine groups is 1.